The summed E-state index contributed by atoms with van der Waals surface area (Å²) in [4.78, 5) is 17.2. The Morgan fingerprint density at radius 2 is 0.960 bits per heavy atom. The molecule has 0 radical (unpaired) electrons. The summed E-state index contributed by atoms with van der Waals surface area (Å²) in [7, 11) is 0. The summed E-state index contributed by atoms with van der Waals surface area (Å²) in [5.41, 5.74) is 9.96. The molecule has 1 heterocycles. The number of rotatable bonds is 10. The Morgan fingerprint density at radius 1 is 0.680 bits per heavy atom. The molecule has 0 saturated carbocycles. The minimum absolute atomic E-state index is 0.182. The van der Waals surface area contributed by atoms with Gasteiger partial charge in [0, 0.05) is 26.2 Å². The predicted octanol–water partition coefficient (Wildman–Crippen LogP) is 3.37. The fraction of sp³-hybridized carbons (Fsp3) is 0.421. The van der Waals surface area contributed by atoms with E-state index in [2.05, 4.69) is 41.3 Å². The zero-order valence-electron chi connectivity index (χ0n) is 16.0. The van der Waals surface area contributed by atoms with E-state index in [0.717, 1.165) is 22.3 Å². The lowest BCUT2D eigenvalue weighted by Crippen LogP contribution is -2.32. The van der Waals surface area contributed by atoms with E-state index in [0.29, 0.717) is 38.1 Å². The van der Waals surface area contributed by atoms with Crippen LogP contribution in [0.5, 0.6) is 0 Å². The topological polar surface area (TPSA) is 71.2 Å². The summed E-state index contributed by atoms with van der Waals surface area (Å²) in [6.45, 7) is 26.3. The molecule has 1 aromatic rings. The molecule has 0 atom stereocenters. The van der Waals surface area contributed by atoms with E-state index in [1.54, 1.807) is 0 Å². The molecule has 6 nitrogen and oxygen atoms in total. The van der Waals surface area contributed by atoms with Gasteiger partial charge in [-0.05, 0) is 27.7 Å². The summed E-state index contributed by atoms with van der Waals surface area (Å²) in [5.74, 6) is 1.21. The van der Waals surface area contributed by atoms with Crippen molar-refractivity contribution >= 4 is 17.8 Å². The van der Waals surface area contributed by atoms with Crippen LogP contribution in [0.4, 0.5) is 17.8 Å². The predicted molar refractivity (Wildman–Crippen MR) is 108 cm³/mol. The van der Waals surface area contributed by atoms with E-state index in [1.165, 1.54) is 0 Å². The van der Waals surface area contributed by atoms with E-state index >= 15 is 0 Å². The fourth-order valence-electron chi connectivity index (χ4n) is 2.35. The van der Waals surface area contributed by atoms with Gasteiger partial charge in [-0.3, -0.25) is 0 Å². The van der Waals surface area contributed by atoms with Crippen LogP contribution in [0.25, 0.3) is 0 Å². The summed E-state index contributed by atoms with van der Waals surface area (Å²) in [5, 5.41) is 0. The second kappa shape index (κ2) is 9.01. The number of hydrogen-bond donors (Lipinski definition) is 1. The maximum absolute atomic E-state index is 5.95. The number of aromatic nitrogens is 3. The molecule has 1 rings (SSSR count). The maximum Gasteiger partial charge on any atom is 0.232 e. The molecule has 0 unspecified atom stereocenters. The van der Waals surface area contributed by atoms with Crippen molar-refractivity contribution in [3.8, 4) is 0 Å². The average Bonchev–Trinajstić information content (AvgIpc) is 2.43. The SMILES string of the molecule is C=C(C)CN(CC(=C)C)c1nc(N)nc(N(CC(=C)C)CC(=C)C)n1. The molecule has 0 aliphatic rings. The van der Waals surface area contributed by atoms with Gasteiger partial charge in [0.2, 0.25) is 17.8 Å². The maximum atomic E-state index is 5.95. The van der Waals surface area contributed by atoms with Crippen LogP contribution in [0.15, 0.2) is 48.6 Å². The molecule has 0 amide bonds. The monoisotopic (exact) mass is 342 g/mol. The highest BCUT2D eigenvalue weighted by Crippen LogP contribution is 2.18. The Labute approximate surface area is 151 Å². The van der Waals surface area contributed by atoms with Gasteiger partial charge in [0.25, 0.3) is 0 Å². The van der Waals surface area contributed by atoms with Crippen LogP contribution in [-0.4, -0.2) is 41.1 Å². The van der Waals surface area contributed by atoms with Crippen molar-refractivity contribution in [3.63, 3.8) is 0 Å². The molecule has 1 aromatic heterocycles. The summed E-state index contributed by atoms with van der Waals surface area (Å²) in [6, 6.07) is 0. The van der Waals surface area contributed by atoms with Crippen LogP contribution in [0, 0.1) is 0 Å². The van der Waals surface area contributed by atoms with E-state index in [1.807, 2.05) is 37.5 Å². The van der Waals surface area contributed by atoms with Crippen LogP contribution in [0.3, 0.4) is 0 Å². The highest BCUT2D eigenvalue weighted by Gasteiger charge is 2.17. The number of hydrogen-bond acceptors (Lipinski definition) is 6. The van der Waals surface area contributed by atoms with Crippen molar-refractivity contribution in [2.75, 3.05) is 41.7 Å². The molecule has 25 heavy (non-hydrogen) atoms. The second-order valence-electron chi connectivity index (χ2n) is 6.83. The summed E-state index contributed by atoms with van der Waals surface area (Å²) < 4.78 is 0. The van der Waals surface area contributed by atoms with Gasteiger partial charge in [-0.2, -0.15) is 15.0 Å². The molecule has 136 valence electrons. The largest absolute Gasteiger partial charge is 0.368 e. The third-order valence-corrected chi connectivity index (χ3v) is 3.04. The number of nitrogens with two attached hydrogens (primary N) is 1. The molecule has 0 spiro atoms. The lowest BCUT2D eigenvalue weighted by molar-refractivity contribution is 0.801. The Hall–Kier alpha value is -2.63. The molecule has 0 aromatic carbocycles. The molecule has 0 aliphatic heterocycles. The lowest BCUT2D eigenvalue weighted by Gasteiger charge is -2.26. The van der Waals surface area contributed by atoms with Crippen molar-refractivity contribution < 1.29 is 0 Å². The van der Waals surface area contributed by atoms with Crippen molar-refractivity contribution in [2.24, 2.45) is 0 Å². The standard InChI is InChI=1S/C19H30N6/c1-13(2)9-24(10-14(3)4)18-21-17(20)22-19(23-18)25(11-15(5)6)12-16(7)8/h1,3,5,7,9-12H2,2,4,6,8H3,(H2,20,21,22,23). The van der Waals surface area contributed by atoms with Gasteiger partial charge >= 0.3 is 0 Å². The Morgan fingerprint density at radius 3 is 1.20 bits per heavy atom. The summed E-state index contributed by atoms with van der Waals surface area (Å²) in [6.07, 6.45) is 0. The quantitative estimate of drug-likeness (QED) is 0.657. The van der Waals surface area contributed by atoms with Crippen LogP contribution in [0.1, 0.15) is 27.7 Å². The fourth-order valence-corrected chi connectivity index (χ4v) is 2.35. The van der Waals surface area contributed by atoms with Gasteiger partial charge in [-0.1, -0.05) is 48.6 Å². The van der Waals surface area contributed by atoms with Gasteiger partial charge in [0.05, 0.1) is 0 Å². The number of anilines is 3. The Kier molecular flexibility index (Phi) is 7.36. The zero-order valence-corrected chi connectivity index (χ0v) is 16.0. The van der Waals surface area contributed by atoms with E-state index in [4.69, 9.17) is 5.73 Å². The molecular formula is C19H30N6. The first-order chi connectivity index (χ1) is 11.6. The van der Waals surface area contributed by atoms with Crippen LogP contribution in [-0.2, 0) is 0 Å². The number of nitrogens with zero attached hydrogens (tertiary/aromatic N) is 5. The first-order valence-electron chi connectivity index (χ1n) is 8.17. The van der Waals surface area contributed by atoms with Gasteiger partial charge in [-0.25, -0.2) is 0 Å². The van der Waals surface area contributed by atoms with Gasteiger partial charge < -0.3 is 15.5 Å². The smallest absolute Gasteiger partial charge is 0.232 e. The van der Waals surface area contributed by atoms with Gasteiger partial charge in [-0.15, -0.1) is 0 Å². The first-order valence-corrected chi connectivity index (χ1v) is 8.17. The third kappa shape index (κ3) is 7.20. The van der Waals surface area contributed by atoms with Crippen molar-refractivity contribution in [2.45, 2.75) is 27.7 Å². The third-order valence-electron chi connectivity index (χ3n) is 3.04. The Balaban J connectivity index is 3.28. The highest BCUT2D eigenvalue weighted by atomic mass is 15.3. The minimum atomic E-state index is 0.182. The molecule has 0 fully saturated rings. The van der Waals surface area contributed by atoms with Crippen molar-refractivity contribution in [1.29, 1.82) is 0 Å². The molecule has 6 heteroatoms. The van der Waals surface area contributed by atoms with Crippen LogP contribution >= 0.6 is 0 Å². The second-order valence-corrected chi connectivity index (χ2v) is 6.83. The normalized spacial score (nSPS) is 10.2. The van der Waals surface area contributed by atoms with E-state index < -0.39 is 0 Å². The minimum Gasteiger partial charge on any atom is -0.368 e. The molecule has 0 aliphatic carbocycles. The molecule has 2 N–H and O–H groups in total. The molecular weight excluding hydrogens is 312 g/mol. The highest BCUT2D eigenvalue weighted by molar-refractivity contribution is 5.46. The first kappa shape index (κ1) is 20.4. The van der Waals surface area contributed by atoms with Crippen LogP contribution < -0.4 is 15.5 Å². The zero-order chi connectivity index (χ0) is 19.1. The van der Waals surface area contributed by atoms with Gasteiger partial charge in [0.1, 0.15) is 0 Å². The van der Waals surface area contributed by atoms with E-state index in [9.17, 15) is 0 Å². The summed E-state index contributed by atoms with van der Waals surface area (Å²) >= 11 is 0. The number of nitrogen functional groups attached to an aromatic ring is 1. The lowest BCUT2D eigenvalue weighted by atomic mass is 10.2. The molecule has 0 bridgehead atoms. The van der Waals surface area contributed by atoms with Gasteiger partial charge in [0.15, 0.2) is 0 Å². The van der Waals surface area contributed by atoms with Crippen molar-refractivity contribution in [3.05, 3.63) is 48.6 Å². The van der Waals surface area contributed by atoms with E-state index in [-0.39, 0.29) is 5.95 Å². The Bertz CT molecular complexity index is 590. The average molecular weight is 342 g/mol. The molecule has 0 saturated heterocycles. The van der Waals surface area contributed by atoms with Crippen LogP contribution in [0.2, 0.25) is 0 Å². The van der Waals surface area contributed by atoms with Crippen molar-refractivity contribution in [1.82, 2.24) is 15.0 Å².